The SMILES string of the molecule is Cc1cc(NC(=O)c2ccco2)sc1C(=O)N(C)CC(=O)Nc1ccc(N2CCOCC2)cc1. The number of hydrogen-bond donors (Lipinski definition) is 2. The summed E-state index contributed by atoms with van der Waals surface area (Å²) in [5, 5.41) is 6.09. The summed E-state index contributed by atoms with van der Waals surface area (Å²) in [5.74, 6) is -0.794. The summed E-state index contributed by atoms with van der Waals surface area (Å²) in [4.78, 5) is 41.6. The molecule has 2 aromatic heterocycles. The van der Waals surface area contributed by atoms with Crippen LogP contribution >= 0.6 is 11.3 Å². The molecule has 34 heavy (non-hydrogen) atoms. The fourth-order valence-corrected chi connectivity index (χ4v) is 4.64. The fourth-order valence-electron chi connectivity index (χ4n) is 3.58. The van der Waals surface area contributed by atoms with Crippen LogP contribution in [0.4, 0.5) is 16.4 Å². The molecule has 1 fully saturated rings. The van der Waals surface area contributed by atoms with Crippen molar-refractivity contribution in [3.05, 3.63) is 64.9 Å². The second-order valence-electron chi connectivity index (χ2n) is 7.91. The van der Waals surface area contributed by atoms with E-state index in [2.05, 4.69) is 15.5 Å². The third kappa shape index (κ3) is 5.64. The Morgan fingerprint density at radius 3 is 2.50 bits per heavy atom. The van der Waals surface area contributed by atoms with Gasteiger partial charge in [0.2, 0.25) is 5.91 Å². The Hall–Kier alpha value is -3.63. The van der Waals surface area contributed by atoms with Crippen molar-refractivity contribution in [3.8, 4) is 0 Å². The van der Waals surface area contributed by atoms with Crippen molar-refractivity contribution in [2.45, 2.75) is 6.92 Å². The van der Waals surface area contributed by atoms with E-state index in [1.54, 1.807) is 32.2 Å². The van der Waals surface area contributed by atoms with Gasteiger partial charge >= 0.3 is 0 Å². The van der Waals surface area contributed by atoms with E-state index in [1.165, 1.54) is 11.2 Å². The molecule has 0 atom stereocenters. The summed E-state index contributed by atoms with van der Waals surface area (Å²) in [7, 11) is 1.57. The van der Waals surface area contributed by atoms with Crippen LogP contribution in [0.25, 0.3) is 0 Å². The maximum atomic E-state index is 12.9. The maximum absolute atomic E-state index is 12.9. The number of rotatable bonds is 7. The number of benzene rings is 1. The Bertz CT molecular complexity index is 1150. The van der Waals surface area contributed by atoms with Crippen LogP contribution in [0.15, 0.2) is 53.1 Å². The molecule has 1 aliphatic rings. The third-order valence-electron chi connectivity index (χ3n) is 5.35. The number of furan rings is 1. The van der Waals surface area contributed by atoms with Crippen LogP contribution in [0.2, 0.25) is 0 Å². The predicted molar refractivity (Wildman–Crippen MR) is 131 cm³/mol. The zero-order valence-electron chi connectivity index (χ0n) is 19.0. The van der Waals surface area contributed by atoms with Crippen LogP contribution in [0.3, 0.4) is 0 Å². The van der Waals surface area contributed by atoms with Crippen molar-refractivity contribution < 1.29 is 23.5 Å². The summed E-state index contributed by atoms with van der Waals surface area (Å²) in [6.45, 7) is 4.79. The fraction of sp³-hybridized carbons (Fsp3) is 0.292. The van der Waals surface area contributed by atoms with Gasteiger partial charge in [0.15, 0.2) is 5.76 Å². The molecular formula is C24H26N4O5S. The zero-order chi connectivity index (χ0) is 24.1. The molecule has 3 amide bonds. The number of carbonyl (C=O) groups excluding carboxylic acids is 3. The van der Waals surface area contributed by atoms with Gasteiger partial charge in [-0.3, -0.25) is 14.4 Å². The highest BCUT2D eigenvalue weighted by atomic mass is 32.1. The van der Waals surface area contributed by atoms with Gasteiger partial charge in [-0.2, -0.15) is 0 Å². The van der Waals surface area contributed by atoms with Gasteiger partial charge < -0.3 is 29.6 Å². The lowest BCUT2D eigenvalue weighted by Gasteiger charge is -2.28. The zero-order valence-corrected chi connectivity index (χ0v) is 19.8. The van der Waals surface area contributed by atoms with Crippen LogP contribution < -0.4 is 15.5 Å². The predicted octanol–water partition coefficient (Wildman–Crippen LogP) is 3.45. The van der Waals surface area contributed by atoms with Crippen LogP contribution in [0.5, 0.6) is 0 Å². The highest BCUT2D eigenvalue weighted by Gasteiger charge is 2.21. The van der Waals surface area contributed by atoms with Gasteiger partial charge in [0, 0.05) is 31.5 Å². The van der Waals surface area contributed by atoms with E-state index in [0.29, 0.717) is 28.8 Å². The quantitative estimate of drug-likeness (QED) is 0.535. The molecule has 2 N–H and O–H groups in total. The molecule has 1 aliphatic heterocycles. The summed E-state index contributed by atoms with van der Waals surface area (Å²) in [6, 6.07) is 12.5. The first-order valence-electron chi connectivity index (χ1n) is 10.8. The van der Waals surface area contributed by atoms with E-state index in [0.717, 1.165) is 35.7 Å². The smallest absolute Gasteiger partial charge is 0.291 e. The van der Waals surface area contributed by atoms with Gasteiger partial charge in [0.1, 0.15) is 0 Å². The molecule has 1 aromatic carbocycles. The van der Waals surface area contributed by atoms with Crippen molar-refractivity contribution in [1.29, 1.82) is 0 Å². The summed E-state index contributed by atoms with van der Waals surface area (Å²) in [6.07, 6.45) is 1.42. The van der Waals surface area contributed by atoms with E-state index >= 15 is 0 Å². The van der Waals surface area contributed by atoms with Crippen LogP contribution in [0.1, 0.15) is 25.8 Å². The van der Waals surface area contributed by atoms with E-state index in [1.807, 2.05) is 24.3 Å². The lowest BCUT2D eigenvalue weighted by molar-refractivity contribution is -0.116. The van der Waals surface area contributed by atoms with Gasteiger partial charge in [-0.1, -0.05) is 0 Å². The molecule has 0 bridgehead atoms. The monoisotopic (exact) mass is 482 g/mol. The van der Waals surface area contributed by atoms with Gasteiger partial charge in [-0.15, -0.1) is 11.3 Å². The number of thiophene rings is 1. The minimum absolute atomic E-state index is 0.102. The minimum Gasteiger partial charge on any atom is -0.459 e. The molecule has 9 nitrogen and oxygen atoms in total. The average Bonchev–Trinajstić information content (AvgIpc) is 3.49. The van der Waals surface area contributed by atoms with Gasteiger partial charge in [-0.05, 0) is 55.0 Å². The van der Waals surface area contributed by atoms with E-state index in [9.17, 15) is 14.4 Å². The van der Waals surface area contributed by atoms with Crippen LogP contribution in [-0.2, 0) is 9.53 Å². The number of aryl methyl sites for hydroxylation is 1. The van der Waals surface area contributed by atoms with E-state index in [4.69, 9.17) is 9.15 Å². The molecule has 0 aliphatic carbocycles. The molecule has 3 aromatic rings. The van der Waals surface area contributed by atoms with Crippen molar-refractivity contribution in [1.82, 2.24) is 4.90 Å². The van der Waals surface area contributed by atoms with Gasteiger partial charge in [0.25, 0.3) is 11.8 Å². The molecular weight excluding hydrogens is 456 g/mol. The second kappa shape index (κ2) is 10.5. The molecule has 10 heteroatoms. The lowest BCUT2D eigenvalue weighted by atomic mass is 10.2. The first-order chi connectivity index (χ1) is 16.4. The lowest BCUT2D eigenvalue weighted by Crippen LogP contribution is -2.36. The van der Waals surface area contributed by atoms with Gasteiger partial charge in [-0.25, -0.2) is 0 Å². The first-order valence-corrected chi connectivity index (χ1v) is 11.7. The molecule has 0 radical (unpaired) electrons. The minimum atomic E-state index is -0.391. The standard InChI is InChI=1S/C24H26N4O5S/c1-16-14-21(26-23(30)19-4-3-11-33-19)34-22(16)24(31)27(2)15-20(29)25-17-5-7-18(8-6-17)28-9-12-32-13-10-28/h3-8,11,14H,9-10,12-13,15H2,1-2H3,(H,25,29)(H,26,30). The molecule has 3 heterocycles. The van der Waals surface area contributed by atoms with Gasteiger partial charge in [0.05, 0.1) is 35.9 Å². The first kappa shape index (κ1) is 23.5. The molecule has 1 saturated heterocycles. The summed E-state index contributed by atoms with van der Waals surface area (Å²) >= 11 is 1.16. The highest BCUT2D eigenvalue weighted by molar-refractivity contribution is 7.18. The number of ether oxygens (including phenoxy) is 1. The average molecular weight is 483 g/mol. The number of carbonyl (C=O) groups is 3. The normalized spacial score (nSPS) is 13.4. The Kier molecular flexibility index (Phi) is 7.29. The third-order valence-corrected chi connectivity index (χ3v) is 6.49. The molecule has 0 unspecified atom stereocenters. The molecule has 0 saturated carbocycles. The Balaban J connectivity index is 1.32. The summed E-state index contributed by atoms with van der Waals surface area (Å²) < 4.78 is 10.5. The number of anilines is 3. The number of morpholine rings is 1. The maximum Gasteiger partial charge on any atom is 0.291 e. The Morgan fingerprint density at radius 1 is 1.09 bits per heavy atom. The van der Waals surface area contributed by atoms with Crippen molar-refractivity contribution >= 4 is 45.4 Å². The summed E-state index contributed by atoms with van der Waals surface area (Å²) in [5.41, 5.74) is 2.46. The number of nitrogens with zero attached hydrogens (tertiary/aromatic N) is 2. The van der Waals surface area contributed by atoms with Crippen LogP contribution in [0, 0.1) is 6.92 Å². The Morgan fingerprint density at radius 2 is 1.82 bits per heavy atom. The molecule has 178 valence electrons. The topological polar surface area (TPSA) is 104 Å². The van der Waals surface area contributed by atoms with Crippen LogP contribution in [-0.4, -0.2) is 62.5 Å². The number of likely N-dealkylation sites (N-methyl/N-ethyl adjacent to an activating group) is 1. The van der Waals surface area contributed by atoms with E-state index < -0.39 is 5.91 Å². The van der Waals surface area contributed by atoms with Crippen molar-refractivity contribution in [2.75, 3.05) is 55.4 Å². The number of amides is 3. The highest BCUT2D eigenvalue weighted by Crippen LogP contribution is 2.28. The number of nitrogens with one attached hydrogen (secondary N) is 2. The second-order valence-corrected chi connectivity index (χ2v) is 8.96. The van der Waals surface area contributed by atoms with E-state index in [-0.39, 0.29) is 24.1 Å². The molecule has 0 spiro atoms. The Labute approximate surface area is 201 Å². The largest absolute Gasteiger partial charge is 0.459 e. The van der Waals surface area contributed by atoms with Crippen molar-refractivity contribution in [2.24, 2.45) is 0 Å². The number of hydrogen-bond acceptors (Lipinski definition) is 7. The molecule has 4 rings (SSSR count). The van der Waals surface area contributed by atoms with Crippen molar-refractivity contribution in [3.63, 3.8) is 0 Å².